The topological polar surface area (TPSA) is 29.1 Å². The summed E-state index contributed by atoms with van der Waals surface area (Å²) in [7, 11) is 0. The van der Waals surface area contributed by atoms with Crippen LogP contribution in [-0.2, 0) is 4.79 Å². The van der Waals surface area contributed by atoms with Gasteiger partial charge in [-0.05, 0) is 32.1 Å². The quantitative estimate of drug-likeness (QED) is 0.538. The van der Waals surface area contributed by atoms with E-state index < -0.39 is 0 Å². The highest BCUT2D eigenvalue weighted by molar-refractivity contribution is 8.05. The van der Waals surface area contributed by atoms with Crippen molar-refractivity contribution < 1.29 is 4.79 Å². The minimum Gasteiger partial charge on any atom is -0.352 e. The third-order valence-corrected chi connectivity index (χ3v) is 5.85. The second-order valence-corrected chi connectivity index (χ2v) is 7.74. The van der Waals surface area contributed by atoms with Crippen LogP contribution in [0.15, 0.2) is 23.1 Å². The molecule has 2 saturated carbocycles. The summed E-state index contributed by atoms with van der Waals surface area (Å²) in [5, 5.41) is 3.29. The predicted octanol–water partition coefficient (Wildman–Crippen LogP) is 4.79. The summed E-state index contributed by atoms with van der Waals surface area (Å²) < 4.78 is -0.213. The molecule has 2 rings (SSSR count). The highest BCUT2D eigenvalue weighted by Crippen LogP contribution is 2.52. The van der Waals surface area contributed by atoms with Gasteiger partial charge in [-0.2, -0.15) is 0 Å². The average molecular weight is 328 g/mol. The molecule has 118 valence electrons. The third kappa shape index (κ3) is 5.07. The molecule has 2 aliphatic carbocycles. The zero-order valence-corrected chi connectivity index (χ0v) is 14.4. The minimum atomic E-state index is -0.213. The Balaban J connectivity index is 1.92. The maximum absolute atomic E-state index is 12.6. The van der Waals surface area contributed by atoms with Crippen LogP contribution in [0.1, 0.15) is 58.3 Å². The second kappa shape index (κ2) is 8.28. The Kier molecular flexibility index (Phi) is 6.69. The summed E-state index contributed by atoms with van der Waals surface area (Å²) in [6.07, 6.45) is 15.3. The SMILES string of the molecule is CC/C=C(\C=C/CCl)SC1(C(=O)NC2CCCCC2)CC1. The molecule has 0 aromatic carbocycles. The van der Waals surface area contributed by atoms with E-state index in [4.69, 9.17) is 11.6 Å². The van der Waals surface area contributed by atoms with Crippen molar-refractivity contribution in [3.05, 3.63) is 23.1 Å². The van der Waals surface area contributed by atoms with Crippen LogP contribution in [0.4, 0.5) is 0 Å². The lowest BCUT2D eigenvalue weighted by Gasteiger charge is -2.25. The minimum absolute atomic E-state index is 0.213. The summed E-state index contributed by atoms with van der Waals surface area (Å²) in [6.45, 7) is 2.12. The number of carbonyl (C=O) groups is 1. The molecule has 0 heterocycles. The zero-order chi connectivity index (χ0) is 15.1. The molecule has 0 aliphatic heterocycles. The molecule has 2 nitrogen and oxygen atoms in total. The smallest absolute Gasteiger partial charge is 0.236 e. The van der Waals surface area contributed by atoms with Crippen molar-refractivity contribution in [3.63, 3.8) is 0 Å². The molecule has 0 aromatic heterocycles. The number of carbonyl (C=O) groups excluding carboxylic acids is 1. The molecule has 0 aromatic rings. The average Bonchev–Trinajstić information content (AvgIpc) is 3.27. The lowest BCUT2D eigenvalue weighted by atomic mass is 9.95. The van der Waals surface area contributed by atoms with Gasteiger partial charge in [-0.1, -0.05) is 44.4 Å². The molecule has 0 spiro atoms. The van der Waals surface area contributed by atoms with E-state index in [-0.39, 0.29) is 10.7 Å². The zero-order valence-electron chi connectivity index (χ0n) is 12.9. The van der Waals surface area contributed by atoms with Crippen molar-refractivity contribution in [2.45, 2.75) is 69.1 Å². The molecule has 0 unspecified atom stereocenters. The molecule has 1 amide bonds. The van der Waals surface area contributed by atoms with Gasteiger partial charge in [0.25, 0.3) is 0 Å². The fourth-order valence-electron chi connectivity index (χ4n) is 2.78. The molecule has 0 atom stereocenters. The van der Waals surface area contributed by atoms with Crippen molar-refractivity contribution in [1.82, 2.24) is 5.32 Å². The Morgan fingerprint density at radius 3 is 2.62 bits per heavy atom. The number of rotatable bonds is 7. The van der Waals surface area contributed by atoms with E-state index in [0.29, 0.717) is 11.9 Å². The Morgan fingerprint density at radius 1 is 1.33 bits per heavy atom. The Bertz CT molecular complexity index is 409. The molecular formula is C17H26ClNOS. The molecule has 0 bridgehead atoms. The maximum atomic E-state index is 12.6. The number of amides is 1. The van der Waals surface area contributed by atoms with E-state index in [2.05, 4.69) is 24.4 Å². The standard InChI is InChI=1S/C17H26ClNOS/c1-2-7-15(10-6-13-18)21-17(11-12-17)16(20)19-14-8-4-3-5-9-14/h6-7,10,14H,2-5,8-9,11-13H2,1H3,(H,19,20)/b10-6-,15-7+. The van der Waals surface area contributed by atoms with E-state index in [1.807, 2.05) is 6.08 Å². The first-order chi connectivity index (χ1) is 10.2. The summed E-state index contributed by atoms with van der Waals surface area (Å²) >= 11 is 7.44. The van der Waals surface area contributed by atoms with Gasteiger partial charge in [0.15, 0.2) is 0 Å². The van der Waals surface area contributed by atoms with Crippen LogP contribution in [0.25, 0.3) is 0 Å². The lowest BCUT2D eigenvalue weighted by molar-refractivity contribution is -0.122. The molecule has 2 aliphatic rings. The number of allylic oxidation sites excluding steroid dienone is 3. The molecular weight excluding hydrogens is 302 g/mol. The Morgan fingerprint density at radius 2 is 2.05 bits per heavy atom. The number of hydrogen-bond donors (Lipinski definition) is 1. The number of nitrogens with one attached hydrogen (secondary N) is 1. The van der Waals surface area contributed by atoms with Crippen LogP contribution in [0, 0.1) is 0 Å². The van der Waals surface area contributed by atoms with Crippen molar-refractivity contribution in [2.75, 3.05) is 5.88 Å². The van der Waals surface area contributed by atoms with Gasteiger partial charge < -0.3 is 5.32 Å². The molecule has 2 fully saturated rings. The van der Waals surface area contributed by atoms with E-state index in [9.17, 15) is 4.79 Å². The lowest BCUT2D eigenvalue weighted by Crippen LogP contribution is -2.42. The van der Waals surface area contributed by atoms with Gasteiger partial charge in [0, 0.05) is 16.8 Å². The van der Waals surface area contributed by atoms with Crippen LogP contribution in [0.2, 0.25) is 0 Å². The second-order valence-electron chi connectivity index (χ2n) is 5.98. The highest BCUT2D eigenvalue weighted by Gasteiger charge is 2.51. The van der Waals surface area contributed by atoms with Crippen LogP contribution in [0.5, 0.6) is 0 Å². The van der Waals surface area contributed by atoms with Gasteiger partial charge in [0.2, 0.25) is 5.91 Å². The van der Waals surface area contributed by atoms with Crippen molar-refractivity contribution in [2.24, 2.45) is 0 Å². The van der Waals surface area contributed by atoms with E-state index in [0.717, 1.165) is 32.1 Å². The van der Waals surface area contributed by atoms with Crippen molar-refractivity contribution in [1.29, 1.82) is 0 Å². The molecule has 1 N–H and O–H groups in total. The number of hydrogen-bond acceptors (Lipinski definition) is 2. The Hall–Kier alpha value is -0.410. The largest absolute Gasteiger partial charge is 0.352 e. The van der Waals surface area contributed by atoms with Gasteiger partial charge in [0.1, 0.15) is 0 Å². The van der Waals surface area contributed by atoms with Gasteiger partial charge in [-0.3, -0.25) is 4.79 Å². The third-order valence-electron chi connectivity index (χ3n) is 4.15. The van der Waals surface area contributed by atoms with Crippen LogP contribution in [-0.4, -0.2) is 22.6 Å². The van der Waals surface area contributed by atoms with Gasteiger partial charge >= 0.3 is 0 Å². The molecule has 0 saturated heterocycles. The first-order valence-corrected chi connectivity index (χ1v) is 9.48. The fraction of sp³-hybridized carbons (Fsp3) is 0.706. The van der Waals surface area contributed by atoms with Gasteiger partial charge in [0.05, 0.1) is 4.75 Å². The summed E-state index contributed by atoms with van der Waals surface area (Å²) in [6, 6.07) is 0.404. The van der Waals surface area contributed by atoms with E-state index >= 15 is 0 Å². The van der Waals surface area contributed by atoms with Crippen LogP contribution >= 0.6 is 23.4 Å². The first kappa shape index (κ1) is 17.0. The van der Waals surface area contributed by atoms with Crippen LogP contribution < -0.4 is 5.32 Å². The van der Waals surface area contributed by atoms with Gasteiger partial charge in [-0.25, -0.2) is 0 Å². The number of halogens is 1. The van der Waals surface area contributed by atoms with E-state index in [1.54, 1.807) is 11.8 Å². The normalized spacial score (nSPS) is 22.5. The molecule has 4 heteroatoms. The van der Waals surface area contributed by atoms with Crippen molar-refractivity contribution >= 4 is 29.3 Å². The van der Waals surface area contributed by atoms with E-state index in [1.165, 1.54) is 24.2 Å². The fourth-order valence-corrected chi connectivity index (χ4v) is 4.20. The first-order valence-electron chi connectivity index (χ1n) is 8.13. The maximum Gasteiger partial charge on any atom is 0.236 e. The summed E-state index contributed by atoms with van der Waals surface area (Å²) in [5.74, 6) is 0.767. The molecule has 0 radical (unpaired) electrons. The molecule has 21 heavy (non-hydrogen) atoms. The highest BCUT2D eigenvalue weighted by atomic mass is 35.5. The van der Waals surface area contributed by atoms with Crippen molar-refractivity contribution in [3.8, 4) is 0 Å². The summed E-state index contributed by atoms with van der Waals surface area (Å²) in [5.41, 5.74) is 0. The van der Waals surface area contributed by atoms with Gasteiger partial charge in [-0.15, -0.1) is 23.4 Å². The number of alkyl halides is 1. The number of thioether (sulfide) groups is 1. The predicted molar refractivity (Wildman–Crippen MR) is 92.8 cm³/mol. The Labute approximate surface area is 137 Å². The summed E-state index contributed by atoms with van der Waals surface area (Å²) in [4.78, 5) is 13.8. The monoisotopic (exact) mass is 327 g/mol. The van der Waals surface area contributed by atoms with Crippen LogP contribution in [0.3, 0.4) is 0 Å².